The third kappa shape index (κ3) is 3.67. The number of hydrogen-bond donors (Lipinski definition) is 1. The zero-order chi connectivity index (χ0) is 11.5. The van der Waals surface area contributed by atoms with Crippen LogP contribution in [-0.2, 0) is 4.79 Å². The van der Waals surface area contributed by atoms with Gasteiger partial charge in [-0.3, -0.25) is 4.79 Å². The molecule has 1 rings (SSSR count). The highest BCUT2D eigenvalue weighted by Crippen LogP contribution is 2.37. The molecule has 0 aliphatic heterocycles. The van der Waals surface area contributed by atoms with E-state index in [-0.39, 0.29) is 17.2 Å². The van der Waals surface area contributed by atoms with Crippen molar-refractivity contribution in [3.8, 4) is 0 Å². The first-order valence-corrected chi connectivity index (χ1v) is 6.34. The maximum Gasteiger partial charge on any atom is 0.235 e. The Kier molecular flexibility index (Phi) is 4.45. The minimum Gasteiger partial charge on any atom is -0.352 e. The lowest BCUT2D eigenvalue weighted by molar-refractivity contribution is -0.120. The molecule has 1 aliphatic carbocycles. The second-order valence-electron chi connectivity index (χ2n) is 5.56. The molecule has 0 spiro atoms. The molecule has 1 fully saturated rings. The van der Waals surface area contributed by atoms with E-state index in [0.29, 0.717) is 12.0 Å². The Labute approximate surface area is 97.8 Å². The van der Waals surface area contributed by atoms with Crippen molar-refractivity contribution in [1.82, 2.24) is 5.32 Å². The summed E-state index contributed by atoms with van der Waals surface area (Å²) in [6, 6.07) is 0.324. The lowest BCUT2D eigenvalue weighted by atomic mass is 9.69. The minimum absolute atomic E-state index is 0.0298. The van der Waals surface area contributed by atoms with Crippen LogP contribution in [0.4, 0.5) is 0 Å². The van der Waals surface area contributed by atoms with Gasteiger partial charge in [0, 0.05) is 6.04 Å². The molecular weight excluding hydrogens is 210 g/mol. The first kappa shape index (κ1) is 12.8. The summed E-state index contributed by atoms with van der Waals surface area (Å²) < 4.78 is 0. The quantitative estimate of drug-likeness (QED) is 0.728. The molecule has 15 heavy (non-hydrogen) atoms. The maximum absolute atomic E-state index is 11.3. The molecule has 1 aliphatic rings. The molecule has 0 bridgehead atoms. The average molecular weight is 232 g/mol. The van der Waals surface area contributed by atoms with Crippen LogP contribution in [0.3, 0.4) is 0 Å². The van der Waals surface area contributed by atoms with Gasteiger partial charge in [0.1, 0.15) is 5.88 Å². The van der Waals surface area contributed by atoms with Crippen LogP contribution in [0, 0.1) is 11.3 Å². The fraction of sp³-hybridized carbons (Fsp3) is 0.917. The first-order valence-electron chi connectivity index (χ1n) is 5.80. The fourth-order valence-electron chi connectivity index (χ4n) is 2.59. The van der Waals surface area contributed by atoms with Crippen molar-refractivity contribution >= 4 is 17.5 Å². The molecule has 0 radical (unpaired) electrons. The highest BCUT2D eigenvalue weighted by molar-refractivity contribution is 6.27. The number of nitrogens with one attached hydrogen (secondary N) is 1. The predicted molar refractivity (Wildman–Crippen MR) is 64.1 cm³/mol. The molecule has 1 amide bonds. The summed E-state index contributed by atoms with van der Waals surface area (Å²) in [7, 11) is 0. The van der Waals surface area contributed by atoms with Gasteiger partial charge in [0.15, 0.2) is 0 Å². The third-order valence-corrected chi connectivity index (χ3v) is 3.59. The Morgan fingerprint density at radius 3 is 2.47 bits per heavy atom. The minimum atomic E-state index is -0.0298. The summed E-state index contributed by atoms with van der Waals surface area (Å²) in [5, 5.41) is 3.05. The molecule has 0 unspecified atom stereocenters. The van der Waals surface area contributed by atoms with Crippen molar-refractivity contribution in [2.24, 2.45) is 11.3 Å². The summed E-state index contributed by atoms with van der Waals surface area (Å²) in [5.41, 5.74) is 0.269. The Morgan fingerprint density at radius 2 is 1.93 bits per heavy atom. The number of alkyl halides is 1. The van der Waals surface area contributed by atoms with E-state index < -0.39 is 0 Å². The molecule has 1 N–H and O–H groups in total. The lowest BCUT2D eigenvalue weighted by Gasteiger charge is -2.40. The normalized spacial score (nSPS) is 27.5. The summed E-state index contributed by atoms with van der Waals surface area (Å²) in [6.07, 6.45) is 4.83. The van der Waals surface area contributed by atoms with Crippen molar-refractivity contribution in [2.45, 2.75) is 52.5 Å². The highest BCUT2D eigenvalue weighted by Gasteiger charge is 2.34. The van der Waals surface area contributed by atoms with Crippen molar-refractivity contribution in [2.75, 3.05) is 5.88 Å². The number of amides is 1. The molecular formula is C12H22ClNO. The zero-order valence-corrected chi connectivity index (χ0v) is 10.7. The summed E-state index contributed by atoms with van der Waals surface area (Å²) in [6.45, 7) is 6.76. The molecule has 0 aromatic carbocycles. The van der Waals surface area contributed by atoms with Crippen LogP contribution >= 0.6 is 11.6 Å². The second kappa shape index (κ2) is 5.20. The molecule has 2 atom stereocenters. The summed E-state index contributed by atoms with van der Waals surface area (Å²) in [5.74, 6) is 0.629. The van der Waals surface area contributed by atoms with Gasteiger partial charge in [0.25, 0.3) is 0 Å². The van der Waals surface area contributed by atoms with Gasteiger partial charge in [0.05, 0.1) is 0 Å². The van der Waals surface area contributed by atoms with E-state index >= 15 is 0 Å². The van der Waals surface area contributed by atoms with Crippen LogP contribution < -0.4 is 5.32 Å². The Bertz CT molecular complexity index is 222. The van der Waals surface area contributed by atoms with Gasteiger partial charge in [-0.05, 0) is 24.2 Å². The van der Waals surface area contributed by atoms with Crippen molar-refractivity contribution in [3.63, 3.8) is 0 Å². The standard InChI is InChI=1S/C12H22ClNO/c1-12(2,3)9-6-4-5-7-10(9)14-11(15)8-13/h9-10H,4-8H2,1-3H3,(H,14,15)/t9-,10-/m0/s1. The second-order valence-corrected chi connectivity index (χ2v) is 5.83. The monoisotopic (exact) mass is 231 g/mol. The Balaban J connectivity index is 2.62. The van der Waals surface area contributed by atoms with Crippen LogP contribution in [0.1, 0.15) is 46.5 Å². The van der Waals surface area contributed by atoms with Gasteiger partial charge in [-0.2, -0.15) is 0 Å². The van der Waals surface area contributed by atoms with Gasteiger partial charge in [-0.1, -0.05) is 33.6 Å². The van der Waals surface area contributed by atoms with Gasteiger partial charge in [-0.15, -0.1) is 11.6 Å². The van der Waals surface area contributed by atoms with E-state index in [1.54, 1.807) is 0 Å². The number of rotatable bonds is 2. The molecule has 0 aromatic heterocycles. The van der Waals surface area contributed by atoms with Crippen LogP contribution in [0.15, 0.2) is 0 Å². The first-order chi connectivity index (χ1) is 6.95. The fourth-order valence-corrected chi connectivity index (χ4v) is 2.66. The molecule has 2 nitrogen and oxygen atoms in total. The Hall–Kier alpha value is -0.240. The van der Waals surface area contributed by atoms with Crippen LogP contribution in [0.2, 0.25) is 0 Å². The predicted octanol–water partition coefficient (Wildman–Crippen LogP) is 2.95. The largest absolute Gasteiger partial charge is 0.352 e. The van der Waals surface area contributed by atoms with Gasteiger partial charge in [0.2, 0.25) is 5.91 Å². The molecule has 88 valence electrons. The van der Waals surface area contributed by atoms with E-state index in [1.165, 1.54) is 19.3 Å². The van der Waals surface area contributed by atoms with E-state index in [4.69, 9.17) is 11.6 Å². The summed E-state index contributed by atoms with van der Waals surface area (Å²) in [4.78, 5) is 11.3. The van der Waals surface area contributed by atoms with Crippen molar-refractivity contribution in [1.29, 1.82) is 0 Å². The lowest BCUT2D eigenvalue weighted by Crippen LogP contribution is -2.47. The van der Waals surface area contributed by atoms with Gasteiger partial charge >= 0.3 is 0 Å². The Morgan fingerprint density at radius 1 is 1.33 bits per heavy atom. The summed E-state index contributed by atoms with van der Waals surface area (Å²) >= 11 is 5.52. The molecule has 1 saturated carbocycles. The third-order valence-electron chi connectivity index (χ3n) is 3.35. The molecule has 0 saturated heterocycles. The van der Waals surface area contributed by atoms with E-state index in [0.717, 1.165) is 6.42 Å². The maximum atomic E-state index is 11.3. The van der Waals surface area contributed by atoms with Crippen LogP contribution in [0.5, 0.6) is 0 Å². The van der Waals surface area contributed by atoms with Crippen LogP contribution in [0.25, 0.3) is 0 Å². The SMILES string of the molecule is CC(C)(C)[C@H]1CCCC[C@@H]1NC(=O)CCl. The molecule has 0 heterocycles. The van der Waals surface area contributed by atoms with Crippen LogP contribution in [-0.4, -0.2) is 17.8 Å². The highest BCUT2D eigenvalue weighted by atomic mass is 35.5. The van der Waals surface area contributed by atoms with Gasteiger partial charge < -0.3 is 5.32 Å². The average Bonchev–Trinajstić information content (AvgIpc) is 2.17. The number of carbonyl (C=O) groups is 1. The van der Waals surface area contributed by atoms with Crippen molar-refractivity contribution < 1.29 is 4.79 Å². The topological polar surface area (TPSA) is 29.1 Å². The van der Waals surface area contributed by atoms with E-state index in [1.807, 2.05) is 0 Å². The molecule has 3 heteroatoms. The van der Waals surface area contributed by atoms with Gasteiger partial charge in [-0.25, -0.2) is 0 Å². The van der Waals surface area contributed by atoms with E-state index in [2.05, 4.69) is 26.1 Å². The van der Waals surface area contributed by atoms with Crippen molar-refractivity contribution in [3.05, 3.63) is 0 Å². The number of carbonyl (C=O) groups excluding carboxylic acids is 1. The molecule has 0 aromatic rings. The number of halogens is 1. The smallest absolute Gasteiger partial charge is 0.235 e. The zero-order valence-electron chi connectivity index (χ0n) is 9.98. The van der Waals surface area contributed by atoms with E-state index in [9.17, 15) is 4.79 Å². The number of hydrogen-bond acceptors (Lipinski definition) is 1.